The summed E-state index contributed by atoms with van der Waals surface area (Å²) in [6, 6.07) is 0. The Labute approximate surface area is 112 Å². The third kappa shape index (κ3) is 3.65. The Bertz CT molecular complexity index is 487. The molecule has 18 heavy (non-hydrogen) atoms. The van der Waals surface area contributed by atoms with Gasteiger partial charge in [0.25, 0.3) is 0 Å². The van der Waals surface area contributed by atoms with Gasteiger partial charge in [-0.25, -0.2) is 9.97 Å². The number of rotatable bonds is 6. The van der Waals surface area contributed by atoms with Crippen LogP contribution in [0.1, 0.15) is 30.2 Å². The third-order valence-corrected chi connectivity index (χ3v) is 3.58. The average molecular weight is 264 g/mol. The molecule has 0 fully saturated rings. The maximum Gasteiger partial charge on any atom is 0.113 e. The summed E-state index contributed by atoms with van der Waals surface area (Å²) in [5.41, 5.74) is 2.30. The molecular formula is C13H20N4S. The quantitative estimate of drug-likeness (QED) is 0.871. The van der Waals surface area contributed by atoms with Crippen LogP contribution in [-0.2, 0) is 13.1 Å². The molecule has 0 saturated carbocycles. The van der Waals surface area contributed by atoms with Crippen LogP contribution in [0.25, 0.3) is 0 Å². The van der Waals surface area contributed by atoms with Crippen LogP contribution in [0.4, 0.5) is 0 Å². The van der Waals surface area contributed by atoms with E-state index >= 15 is 0 Å². The lowest BCUT2D eigenvalue weighted by Crippen LogP contribution is -2.20. The lowest BCUT2D eigenvalue weighted by atomic mass is 10.2. The van der Waals surface area contributed by atoms with E-state index in [0.29, 0.717) is 5.92 Å². The maximum atomic E-state index is 4.48. The summed E-state index contributed by atoms with van der Waals surface area (Å²) in [5, 5.41) is 6.66. The molecule has 5 heteroatoms. The van der Waals surface area contributed by atoms with Gasteiger partial charge in [-0.1, -0.05) is 13.8 Å². The molecular weight excluding hydrogens is 244 g/mol. The first-order valence-corrected chi connectivity index (χ1v) is 7.14. The van der Waals surface area contributed by atoms with E-state index < -0.39 is 0 Å². The minimum atomic E-state index is 0.669. The van der Waals surface area contributed by atoms with Gasteiger partial charge in [-0.15, -0.1) is 11.3 Å². The fourth-order valence-corrected chi connectivity index (χ4v) is 2.52. The molecule has 4 nitrogen and oxygen atoms in total. The highest BCUT2D eigenvalue weighted by Gasteiger charge is 2.05. The number of nitrogens with one attached hydrogen (secondary N) is 1. The van der Waals surface area contributed by atoms with E-state index in [1.165, 1.54) is 5.69 Å². The van der Waals surface area contributed by atoms with Crippen molar-refractivity contribution in [3.05, 3.63) is 34.3 Å². The highest BCUT2D eigenvalue weighted by atomic mass is 32.1. The van der Waals surface area contributed by atoms with Crippen LogP contribution >= 0.6 is 11.3 Å². The summed E-state index contributed by atoms with van der Waals surface area (Å²) in [5.74, 6) is 0.669. The Morgan fingerprint density at radius 3 is 2.94 bits per heavy atom. The van der Waals surface area contributed by atoms with Crippen molar-refractivity contribution < 1.29 is 0 Å². The van der Waals surface area contributed by atoms with Gasteiger partial charge in [-0.2, -0.15) is 0 Å². The lowest BCUT2D eigenvalue weighted by Gasteiger charge is -2.09. The largest absolute Gasteiger partial charge is 0.326 e. The number of imidazole rings is 1. The molecule has 0 saturated heterocycles. The highest BCUT2D eigenvalue weighted by molar-refractivity contribution is 7.09. The summed E-state index contributed by atoms with van der Waals surface area (Å²) in [6.45, 7) is 9.16. The standard InChI is InChI=1S/C13H20N4S/c1-10(2)4-14-5-12-6-15-9-17(12)7-13-16-11(3)8-18-13/h6,8-10,14H,4-5,7H2,1-3H3. The molecule has 0 bridgehead atoms. The summed E-state index contributed by atoms with van der Waals surface area (Å²) < 4.78 is 2.16. The van der Waals surface area contributed by atoms with Gasteiger partial charge < -0.3 is 9.88 Å². The average Bonchev–Trinajstić information content (AvgIpc) is 2.89. The smallest absolute Gasteiger partial charge is 0.113 e. The van der Waals surface area contributed by atoms with Gasteiger partial charge >= 0.3 is 0 Å². The van der Waals surface area contributed by atoms with E-state index in [1.54, 1.807) is 11.3 Å². The van der Waals surface area contributed by atoms with Crippen molar-refractivity contribution in [3.8, 4) is 0 Å². The summed E-state index contributed by atoms with van der Waals surface area (Å²) >= 11 is 1.71. The fraction of sp³-hybridized carbons (Fsp3) is 0.538. The normalized spacial score (nSPS) is 11.3. The number of aromatic nitrogens is 3. The van der Waals surface area contributed by atoms with Gasteiger partial charge in [-0.05, 0) is 19.4 Å². The topological polar surface area (TPSA) is 42.7 Å². The summed E-state index contributed by atoms with van der Waals surface area (Å²) in [7, 11) is 0. The van der Waals surface area contributed by atoms with Crippen LogP contribution in [0.3, 0.4) is 0 Å². The molecule has 2 rings (SSSR count). The van der Waals surface area contributed by atoms with Crippen molar-refractivity contribution in [2.45, 2.75) is 33.9 Å². The molecule has 0 amide bonds. The molecule has 0 unspecified atom stereocenters. The monoisotopic (exact) mass is 264 g/mol. The molecule has 0 aromatic carbocycles. The van der Waals surface area contributed by atoms with E-state index in [1.807, 2.05) is 19.4 Å². The highest BCUT2D eigenvalue weighted by Crippen LogP contribution is 2.11. The molecule has 2 heterocycles. The van der Waals surface area contributed by atoms with E-state index in [-0.39, 0.29) is 0 Å². The molecule has 0 aliphatic rings. The van der Waals surface area contributed by atoms with Crippen LogP contribution in [-0.4, -0.2) is 21.1 Å². The van der Waals surface area contributed by atoms with Crippen LogP contribution in [0.15, 0.2) is 17.9 Å². The van der Waals surface area contributed by atoms with Gasteiger partial charge in [0.15, 0.2) is 0 Å². The summed E-state index contributed by atoms with van der Waals surface area (Å²) in [6.07, 6.45) is 3.80. The lowest BCUT2D eigenvalue weighted by molar-refractivity contribution is 0.539. The zero-order valence-electron chi connectivity index (χ0n) is 11.2. The molecule has 0 aliphatic carbocycles. The molecule has 1 N–H and O–H groups in total. The second kappa shape index (κ2) is 6.11. The van der Waals surface area contributed by atoms with Crippen LogP contribution < -0.4 is 5.32 Å². The number of hydrogen-bond acceptors (Lipinski definition) is 4. The molecule has 98 valence electrons. The zero-order chi connectivity index (χ0) is 13.0. The maximum absolute atomic E-state index is 4.48. The molecule has 0 atom stereocenters. The Kier molecular flexibility index (Phi) is 4.49. The van der Waals surface area contributed by atoms with Crippen molar-refractivity contribution >= 4 is 11.3 Å². The van der Waals surface area contributed by atoms with Gasteiger partial charge in [0.2, 0.25) is 0 Å². The molecule has 2 aromatic rings. The first kappa shape index (κ1) is 13.2. The number of thiazole rings is 1. The Morgan fingerprint density at radius 1 is 1.44 bits per heavy atom. The second-order valence-electron chi connectivity index (χ2n) is 4.92. The predicted molar refractivity (Wildman–Crippen MR) is 74.7 cm³/mol. The van der Waals surface area contributed by atoms with Crippen LogP contribution in [0, 0.1) is 12.8 Å². The van der Waals surface area contributed by atoms with E-state index in [9.17, 15) is 0 Å². The predicted octanol–water partition coefficient (Wildman–Crippen LogP) is 2.44. The first-order valence-electron chi connectivity index (χ1n) is 6.26. The van der Waals surface area contributed by atoms with Gasteiger partial charge in [-0.3, -0.25) is 0 Å². The van der Waals surface area contributed by atoms with Crippen molar-refractivity contribution in [1.29, 1.82) is 0 Å². The Hall–Kier alpha value is -1.20. The number of nitrogens with zero attached hydrogens (tertiary/aromatic N) is 3. The Morgan fingerprint density at radius 2 is 2.28 bits per heavy atom. The number of hydrogen-bond donors (Lipinski definition) is 1. The van der Waals surface area contributed by atoms with Gasteiger partial charge in [0.1, 0.15) is 5.01 Å². The van der Waals surface area contributed by atoms with Crippen molar-refractivity contribution in [3.63, 3.8) is 0 Å². The molecule has 0 radical (unpaired) electrons. The van der Waals surface area contributed by atoms with E-state index in [4.69, 9.17) is 0 Å². The fourth-order valence-electron chi connectivity index (χ4n) is 1.75. The van der Waals surface area contributed by atoms with E-state index in [0.717, 1.165) is 30.3 Å². The van der Waals surface area contributed by atoms with Gasteiger partial charge in [0.05, 0.1) is 18.6 Å². The van der Waals surface area contributed by atoms with Crippen molar-refractivity contribution in [2.24, 2.45) is 5.92 Å². The minimum Gasteiger partial charge on any atom is -0.326 e. The molecule has 0 aliphatic heterocycles. The zero-order valence-corrected chi connectivity index (χ0v) is 12.0. The first-order chi connectivity index (χ1) is 8.65. The number of aryl methyl sites for hydroxylation is 1. The molecule has 0 spiro atoms. The van der Waals surface area contributed by atoms with Gasteiger partial charge in [0, 0.05) is 23.8 Å². The van der Waals surface area contributed by atoms with Crippen LogP contribution in [0.5, 0.6) is 0 Å². The molecule has 2 aromatic heterocycles. The van der Waals surface area contributed by atoms with Crippen LogP contribution in [0.2, 0.25) is 0 Å². The SMILES string of the molecule is Cc1csc(Cn2cncc2CNCC(C)C)n1. The Balaban J connectivity index is 1.95. The minimum absolute atomic E-state index is 0.669. The van der Waals surface area contributed by atoms with E-state index in [2.05, 4.69) is 39.1 Å². The summed E-state index contributed by atoms with van der Waals surface area (Å²) in [4.78, 5) is 8.71. The third-order valence-electron chi connectivity index (χ3n) is 2.63. The second-order valence-corrected chi connectivity index (χ2v) is 5.86. The van der Waals surface area contributed by atoms with Crippen molar-refractivity contribution in [1.82, 2.24) is 19.9 Å². The van der Waals surface area contributed by atoms with Crippen molar-refractivity contribution in [2.75, 3.05) is 6.54 Å².